The molecule has 1 unspecified atom stereocenters. The van der Waals surface area contributed by atoms with Crippen LogP contribution < -0.4 is 4.90 Å². The Kier molecular flexibility index (Phi) is 4.85. The lowest BCUT2D eigenvalue weighted by Crippen LogP contribution is -2.36. The van der Waals surface area contributed by atoms with Gasteiger partial charge in [-0.3, -0.25) is 4.79 Å². The summed E-state index contributed by atoms with van der Waals surface area (Å²) in [4.78, 5) is 17.1. The number of sulfone groups is 1. The second kappa shape index (κ2) is 6.75. The molecule has 1 atom stereocenters. The topological polar surface area (TPSA) is 57.7 Å². The number of hydrogen-bond acceptors (Lipinski definition) is 4. The van der Waals surface area contributed by atoms with Gasteiger partial charge in [0.1, 0.15) is 0 Å². The molecular weight excluding hydrogens is 324 g/mol. The van der Waals surface area contributed by atoms with Crippen LogP contribution in [0, 0.1) is 12.8 Å². The molecule has 2 aliphatic rings. The molecule has 1 aromatic rings. The molecule has 2 aliphatic heterocycles. The highest BCUT2D eigenvalue weighted by molar-refractivity contribution is 7.91. The zero-order chi connectivity index (χ0) is 17.3. The summed E-state index contributed by atoms with van der Waals surface area (Å²) < 4.78 is 23.9. The van der Waals surface area contributed by atoms with E-state index in [9.17, 15) is 13.2 Å². The molecule has 2 saturated heterocycles. The van der Waals surface area contributed by atoms with Gasteiger partial charge in [-0.15, -0.1) is 0 Å². The summed E-state index contributed by atoms with van der Waals surface area (Å²) in [6, 6.07) is 6.02. The van der Waals surface area contributed by atoms with Crippen molar-refractivity contribution in [3.8, 4) is 0 Å². The SMILES string of the molecule is Cc1ccc(N2CCCC2)c(C(=O)N2CCS(=O)(=O)CC(C)C2)c1. The van der Waals surface area contributed by atoms with Gasteiger partial charge < -0.3 is 9.80 Å². The second-order valence-electron chi connectivity index (χ2n) is 7.19. The molecule has 0 saturated carbocycles. The normalized spacial score (nSPS) is 24.0. The number of hydrogen-bond donors (Lipinski definition) is 0. The van der Waals surface area contributed by atoms with Crippen molar-refractivity contribution in [3.05, 3.63) is 29.3 Å². The zero-order valence-electron chi connectivity index (χ0n) is 14.5. The van der Waals surface area contributed by atoms with Crippen LogP contribution in [0.3, 0.4) is 0 Å². The van der Waals surface area contributed by atoms with Crippen molar-refractivity contribution in [3.63, 3.8) is 0 Å². The van der Waals surface area contributed by atoms with E-state index >= 15 is 0 Å². The minimum Gasteiger partial charge on any atom is -0.371 e. The maximum Gasteiger partial charge on any atom is 0.256 e. The summed E-state index contributed by atoms with van der Waals surface area (Å²) in [6.45, 7) is 6.65. The number of nitrogens with zero attached hydrogens (tertiary/aromatic N) is 2. The maximum absolute atomic E-state index is 13.1. The van der Waals surface area contributed by atoms with Crippen LogP contribution in [0.2, 0.25) is 0 Å². The van der Waals surface area contributed by atoms with Crippen LogP contribution in [0.4, 0.5) is 5.69 Å². The number of carbonyl (C=O) groups excluding carboxylic acids is 1. The van der Waals surface area contributed by atoms with Gasteiger partial charge in [-0.25, -0.2) is 8.42 Å². The summed E-state index contributed by atoms with van der Waals surface area (Å²) >= 11 is 0. The summed E-state index contributed by atoms with van der Waals surface area (Å²) in [7, 11) is -3.06. The number of aryl methyl sites for hydroxylation is 1. The smallest absolute Gasteiger partial charge is 0.256 e. The third kappa shape index (κ3) is 3.74. The molecule has 0 aromatic heterocycles. The molecule has 6 heteroatoms. The fraction of sp³-hybridized carbons (Fsp3) is 0.611. The van der Waals surface area contributed by atoms with Crippen LogP contribution in [0.5, 0.6) is 0 Å². The lowest BCUT2D eigenvalue weighted by atomic mass is 10.1. The summed E-state index contributed by atoms with van der Waals surface area (Å²) in [5.41, 5.74) is 2.75. The van der Waals surface area contributed by atoms with Gasteiger partial charge >= 0.3 is 0 Å². The van der Waals surface area contributed by atoms with E-state index in [2.05, 4.69) is 4.90 Å². The zero-order valence-corrected chi connectivity index (χ0v) is 15.3. The third-order valence-corrected chi connectivity index (χ3v) is 6.74. The van der Waals surface area contributed by atoms with E-state index < -0.39 is 9.84 Å². The Labute approximate surface area is 144 Å². The molecule has 0 radical (unpaired) electrons. The first kappa shape index (κ1) is 17.3. The summed E-state index contributed by atoms with van der Waals surface area (Å²) in [5, 5.41) is 0. The van der Waals surface area contributed by atoms with Crippen LogP contribution in [-0.4, -0.2) is 56.9 Å². The van der Waals surface area contributed by atoms with E-state index in [0.717, 1.165) is 37.2 Å². The van der Waals surface area contributed by atoms with Crippen LogP contribution in [0.25, 0.3) is 0 Å². The van der Waals surface area contributed by atoms with Gasteiger partial charge in [-0.1, -0.05) is 18.6 Å². The van der Waals surface area contributed by atoms with E-state index in [-0.39, 0.29) is 23.3 Å². The van der Waals surface area contributed by atoms with Crippen molar-refractivity contribution in [1.29, 1.82) is 0 Å². The molecule has 0 bridgehead atoms. The summed E-state index contributed by atoms with van der Waals surface area (Å²) in [6.07, 6.45) is 2.31. The van der Waals surface area contributed by atoms with E-state index in [1.54, 1.807) is 4.90 Å². The van der Waals surface area contributed by atoms with Gasteiger partial charge in [-0.05, 0) is 37.8 Å². The highest BCUT2D eigenvalue weighted by Crippen LogP contribution is 2.27. The molecule has 1 aromatic carbocycles. The molecule has 2 fully saturated rings. The van der Waals surface area contributed by atoms with Crippen LogP contribution in [0.15, 0.2) is 18.2 Å². The first-order chi connectivity index (χ1) is 11.4. The molecule has 2 heterocycles. The van der Waals surface area contributed by atoms with Gasteiger partial charge in [0.2, 0.25) is 0 Å². The van der Waals surface area contributed by atoms with Crippen molar-refractivity contribution in [2.45, 2.75) is 26.7 Å². The number of anilines is 1. The molecule has 0 N–H and O–H groups in total. The Morgan fingerprint density at radius 1 is 1.17 bits per heavy atom. The minimum atomic E-state index is -3.06. The predicted octanol–water partition coefficient (Wildman–Crippen LogP) is 2.10. The Morgan fingerprint density at radius 2 is 1.88 bits per heavy atom. The number of amides is 1. The molecule has 0 aliphatic carbocycles. The lowest BCUT2D eigenvalue weighted by molar-refractivity contribution is 0.0752. The van der Waals surface area contributed by atoms with Gasteiger partial charge in [0.15, 0.2) is 9.84 Å². The Morgan fingerprint density at radius 3 is 2.58 bits per heavy atom. The van der Waals surface area contributed by atoms with Gasteiger partial charge in [-0.2, -0.15) is 0 Å². The lowest BCUT2D eigenvalue weighted by Gasteiger charge is -2.26. The molecule has 5 nitrogen and oxygen atoms in total. The molecule has 3 rings (SSSR count). The number of benzene rings is 1. The fourth-order valence-electron chi connectivity index (χ4n) is 3.70. The molecule has 24 heavy (non-hydrogen) atoms. The standard InChI is InChI=1S/C18H26N2O3S/c1-14-5-6-17(19-7-3-4-8-19)16(11-14)18(21)20-9-10-24(22,23)13-15(2)12-20/h5-6,11,15H,3-4,7-10,12-13H2,1-2H3. The number of rotatable bonds is 2. The van der Waals surface area contributed by atoms with E-state index in [4.69, 9.17) is 0 Å². The summed E-state index contributed by atoms with van der Waals surface area (Å²) in [5.74, 6) is 0.170. The minimum absolute atomic E-state index is 0.0264. The van der Waals surface area contributed by atoms with Crippen LogP contribution in [-0.2, 0) is 9.84 Å². The quantitative estimate of drug-likeness (QED) is 0.820. The fourth-order valence-corrected chi connectivity index (χ4v) is 5.33. The highest BCUT2D eigenvalue weighted by atomic mass is 32.2. The van der Waals surface area contributed by atoms with E-state index in [0.29, 0.717) is 18.7 Å². The van der Waals surface area contributed by atoms with E-state index in [1.165, 1.54) is 0 Å². The van der Waals surface area contributed by atoms with Crippen molar-refractivity contribution in [1.82, 2.24) is 4.90 Å². The largest absolute Gasteiger partial charge is 0.371 e. The van der Waals surface area contributed by atoms with Crippen molar-refractivity contribution in [2.24, 2.45) is 5.92 Å². The van der Waals surface area contributed by atoms with Gasteiger partial charge in [0, 0.05) is 31.9 Å². The predicted molar refractivity (Wildman–Crippen MR) is 96.3 cm³/mol. The van der Waals surface area contributed by atoms with Crippen molar-refractivity contribution < 1.29 is 13.2 Å². The second-order valence-corrected chi connectivity index (χ2v) is 9.41. The van der Waals surface area contributed by atoms with Crippen molar-refractivity contribution in [2.75, 3.05) is 42.6 Å². The van der Waals surface area contributed by atoms with Crippen LogP contribution >= 0.6 is 0 Å². The average Bonchev–Trinajstić information content (AvgIpc) is 2.99. The maximum atomic E-state index is 13.1. The van der Waals surface area contributed by atoms with Gasteiger partial charge in [0.05, 0.1) is 17.1 Å². The van der Waals surface area contributed by atoms with Crippen LogP contribution in [0.1, 0.15) is 35.7 Å². The first-order valence-corrected chi connectivity index (χ1v) is 10.5. The number of carbonyl (C=O) groups is 1. The highest BCUT2D eigenvalue weighted by Gasteiger charge is 2.29. The first-order valence-electron chi connectivity index (χ1n) is 8.71. The Hall–Kier alpha value is -1.56. The molecular formula is C18H26N2O3S. The molecule has 1 amide bonds. The molecule has 0 spiro atoms. The average molecular weight is 350 g/mol. The third-order valence-electron chi connectivity index (χ3n) is 4.86. The van der Waals surface area contributed by atoms with Gasteiger partial charge in [0.25, 0.3) is 5.91 Å². The Balaban J connectivity index is 1.90. The molecule has 132 valence electrons. The van der Waals surface area contributed by atoms with Crippen molar-refractivity contribution >= 4 is 21.4 Å². The Bertz CT molecular complexity index is 724. The van der Waals surface area contributed by atoms with E-state index in [1.807, 2.05) is 32.0 Å². The monoisotopic (exact) mass is 350 g/mol.